The molecule has 0 saturated carbocycles. The highest BCUT2D eigenvalue weighted by Crippen LogP contribution is 2.34. The predicted octanol–water partition coefficient (Wildman–Crippen LogP) is 2.50. The van der Waals surface area contributed by atoms with E-state index in [1.807, 2.05) is 0 Å². The number of Topliss-reactive ketones (excluding diaryl/α,β-unsaturated/α-hetero) is 1. The van der Waals surface area contributed by atoms with Crippen LogP contribution in [0.2, 0.25) is 0 Å². The summed E-state index contributed by atoms with van der Waals surface area (Å²) in [6.45, 7) is 0. The fourth-order valence-corrected chi connectivity index (χ4v) is 2.18. The van der Waals surface area contributed by atoms with Crippen molar-refractivity contribution in [2.75, 3.05) is 0 Å². The molecule has 1 aromatic heterocycles. The van der Waals surface area contributed by atoms with Gasteiger partial charge in [0.2, 0.25) is 5.95 Å². The molecular weight excluding hydrogens is 302 g/mol. The lowest BCUT2D eigenvalue weighted by Gasteiger charge is -2.20. The van der Waals surface area contributed by atoms with Crippen LogP contribution in [0, 0.1) is 5.95 Å². The highest BCUT2D eigenvalue weighted by atomic mass is 19.4. The van der Waals surface area contributed by atoms with Crippen molar-refractivity contribution >= 4 is 5.78 Å². The zero-order chi connectivity index (χ0) is 16.3. The van der Waals surface area contributed by atoms with Gasteiger partial charge in [0.1, 0.15) is 6.04 Å². The summed E-state index contributed by atoms with van der Waals surface area (Å²) in [5.74, 6) is 3.83. The van der Waals surface area contributed by atoms with E-state index in [-0.39, 0.29) is 24.0 Å². The van der Waals surface area contributed by atoms with E-state index < -0.39 is 29.5 Å². The van der Waals surface area contributed by atoms with Crippen LogP contribution in [-0.2, 0) is 4.79 Å². The molecule has 1 unspecified atom stereocenters. The van der Waals surface area contributed by atoms with E-state index in [1.54, 1.807) is 0 Å². The van der Waals surface area contributed by atoms with Crippen LogP contribution < -0.4 is 11.3 Å². The Kier molecular flexibility index (Phi) is 4.72. The molecule has 0 radical (unpaired) electrons. The first kappa shape index (κ1) is 16.3. The molecule has 0 aliphatic heterocycles. The number of hydrogen-bond acceptors (Lipinski definition) is 4. The predicted molar refractivity (Wildman–Crippen MR) is 70.7 cm³/mol. The maximum Gasteiger partial charge on any atom is 0.412 e. The summed E-state index contributed by atoms with van der Waals surface area (Å²) < 4.78 is 51.3. The molecule has 22 heavy (non-hydrogen) atoms. The number of nitrogens with one attached hydrogen (secondary N) is 1. The average molecular weight is 315 g/mol. The Bertz CT molecular complexity index is 637. The third-order valence-corrected chi connectivity index (χ3v) is 3.27. The lowest BCUT2D eigenvalue weighted by molar-refractivity contribution is -0.117. The number of carbonyl (C=O) groups is 1. The molecule has 3 N–H and O–H groups in total. The maximum absolute atomic E-state index is 13.1. The topological polar surface area (TPSA) is 68.0 Å². The Morgan fingerprint density at radius 3 is 2.73 bits per heavy atom. The van der Waals surface area contributed by atoms with Crippen LogP contribution in [0.4, 0.5) is 17.6 Å². The van der Waals surface area contributed by atoms with Gasteiger partial charge in [0.25, 0.3) is 0 Å². The molecule has 0 aromatic carbocycles. The summed E-state index contributed by atoms with van der Waals surface area (Å²) in [6.07, 6.45) is -1.17. The first-order valence-electron chi connectivity index (χ1n) is 6.42. The maximum atomic E-state index is 13.1. The van der Waals surface area contributed by atoms with Gasteiger partial charge >= 0.3 is 6.18 Å². The van der Waals surface area contributed by atoms with Gasteiger partial charge in [-0.15, -0.1) is 0 Å². The summed E-state index contributed by atoms with van der Waals surface area (Å²) >= 11 is 0. The molecule has 1 aromatic rings. The summed E-state index contributed by atoms with van der Waals surface area (Å²) in [5.41, 5.74) is 1.52. The summed E-state index contributed by atoms with van der Waals surface area (Å²) in [5, 5.41) is 0. The first-order chi connectivity index (χ1) is 10.3. The molecule has 0 fully saturated rings. The molecule has 1 atom stereocenters. The molecule has 1 aliphatic carbocycles. The largest absolute Gasteiger partial charge is 0.412 e. The first-order valence-corrected chi connectivity index (χ1v) is 6.42. The zero-order valence-electron chi connectivity index (χ0n) is 11.3. The van der Waals surface area contributed by atoms with Gasteiger partial charge in [-0.3, -0.25) is 10.6 Å². The molecule has 8 heteroatoms. The smallest absolute Gasteiger partial charge is 0.292 e. The second-order valence-electron chi connectivity index (χ2n) is 4.74. The van der Waals surface area contributed by atoms with Crippen LogP contribution in [0.3, 0.4) is 0 Å². The summed E-state index contributed by atoms with van der Waals surface area (Å²) in [7, 11) is 0. The standard InChI is InChI=1S/C14H13F4N3O/c15-11-7-8(4-5-20-11)12(21-19)13(22)9-2-1-3-10(6-9)14(16,17)18/h2,4-7,12,21H,1,3,19H2. The molecule has 1 heterocycles. The van der Waals surface area contributed by atoms with Gasteiger partial charge in [-0.1, -0.05) is 6.08 Å². The van der Waals surface area contributed by atoms with Crippen molar-refractivity contribution in [1.82, 2.24) is 10.4 Å². The molecule has 0 amide bonds. The Morgan fingerprint density at radius 2 is 2.14 bits per heavy atom. The third-order valence-electron chi connectivity index (χ3n) is 3.27. The Hall–Kier alpha value is -2.06. The zero-order valence-corrected chi connectivity index (χ0v) is 11.3. The van der Waals surface area contributed by atoms with E-state index in [0.29, 0.717) is 0 Å². The van der Waals surface area contributed by atoms with Crippen molar-refractivity contribution < 1.29 is 22.4 Å². The van der Waals surface area contributed by atoms with Crippen molar-refractivity contribution in [1.29, 1.82) is 0 Å². The molecular formula is C14H13F4N3O. The molecule has 1 aliphatic rings. The third kappa shape index (κ3) is 3.58. The number of rotatable bonds is 4. The highest BCUT2D eigenvalue weighted by Gasteiger charge is 2.35. The Labute approximate surface area is 123 Å². The quantitative estimate of drug-likeness (QED) is 0.388. The van der Waals surface area contributed by atoms with E-state index in [1.165, 1.54) is 12.1 Å². The number of nitrogens with two attached hydrogens (primary N) is 1. The fraction of sp³-hybridized carbons (Fsp3) is 0.286. The minimum atomic E-state index is -4.48. The van der Waals surface area contributed by atoms with E-state index in [2.05, 4.69) is 10.4 Å². The van der Waals surface area contributed by atoms with Crippen LogP contribution in [0.5, 0.6) is 0 Å². The number of hydrazine groups is 1. The van der Waals surface area contributed by atoms with Crippen LogP contribution in [0.1, 0.15) is 24.4 Å². The second-order valence-corrected chi connectivity index (χ2v) is 4.74. The molecule has 0 spiro atoms. The van der Waals surface area contributed by atoms with E-state index in [0.717, 1.165) is 18.3 Å². The number of carbonyl (C=O) groups excluding carboxylic acids is 1. The number of alkyl halides is 3. The van der Waals surface area contributed by atoms with Crippen LogP contribution in [0.15, 0.2) is 41.6 Å². The second kappa shape index (κ2) is 6.37. The highest BCUT2D eigenvalue weighted by molar-refractivity contribution is 6.02. The van der Waals surface area contributed by atoms with Gasteiger partial charge in [-0.05, 0) is 36.6 Å². The summed E-state index contributed by atoms with van der Waals surface area (Å²) in [4.78, 5) is 15.7. The van der Waals surface area contributed by atoms with Gasteiger partial charge in [-0.25, -0.2) is 10.4 Å². The number of nitrogens with zero attached hydrogens (tertiary/aromatic N) is 1. The van der Waals surface area contributed by atoms with Crippen molar-refractivity contribution in [3.63, 3.8) is 0 Å². The minimum Gasteiger partial charge on any atom is -0.292 e. The van der Waals surface area contributed by atoms with Crippen molar-refractivity contribution in [3.8, 4) is 0 Å². The van der Waals surface area contributed by atoms with E-state index in [4.69, 9.17) is 5.84 Å². The lowest BCUT2D eigenvalue weighted by Crippen LogP contribution is -2.35. The monoisotopic (exact) mass is 315 g/mol. The average Bonchev–Trinajstić information content (AvgIpc) is 2.47. The number of ketones is 1. The van der Waals surface area contributed by atoms with E-state index >= 15 is 0 Å². The molecule has 118 valence electrons. The van der Waals surface area contributed by atoms with Gasteiger partial charge in [0.15, 0.2) is 5.78 Å². The molecule has 0 saturated heterocycles. The van der Waals surface area contributed by atoms with E-state index in [9.17, 15) is 22.4 Å². The molecule has 4 nitrogen and oxygen atoms in total. The molecule has 0 bridgehead atoms. The lowest BCUT2D eigenvalue weighted by atomic mass is 9.91. The Morgan fingerprint density at radius 1 is 1.41 bits per heavy atom. The van der Waals surface area contributed by atoms with Crippen molar-refractivity contribution in [3.05, 3.63) is 53.1 Å². The minimum absolute atomic E-state index is 0.0984. The molecule has 2 rings (SSSR count). The fourth-order valence-electron chi connectivity index (χ4n) is 2.18. The van der Waals surface area contributed by atoms with Crippen LogP contribution in [0.25, 0.3) is 0 Å². The van der Waals surface area contributed by atoms with Crippen LogP contribution >= 0.6 is 0 Å². The van der Waals surface area contributed by atoms with Gasteiger partial charge in [0, 0.05) is 17.3 Å². The van der Waals surface area contributed by atoms with Gasteiger partial charge < -0.3 is 0 Å². The van der Waals surface area contributed by atoms with Crippen molar-refractivity contribution in [2.24, 2.45) is 5.84 Å². The normalized spacial score (nSPS) is 16.8. The number of hydrogen-bond donors (Lipinski definition) is 2. The SMILES string of the molecule is NNC(C(=O)C1=CCCC(C(F)(F)F)=C1)c1ccnc(F)c1. The van der Waals surface area contributed by atoms with Gasteiger partial charge in [-0.2, -0.15) is 17.6 Å². The number of pyridine rings is 1. The summed E-state index contributed by atoms with van der Waals surface area (Å²) in [6, 6.07) is 1.22. The Balaban J connectivity index is 2.30. The number of allylic oxidation sites excluding steroid dienone is 3. The van der Waals surface area contributed by atoms with Gasteiger partial charge in [0.05, 0.1) is 0 Å². The number of halogens is 4. The number of aromatic nitrogens is 1. The van der Waals surface area contributed by atoms with Crippen molar-refractivity contribution in [2.45, 2.75) is 25.1 Å². The van der Waals surface area contributed by atoms with Crippen LogP contribution in [-0.4, -0.2) is 16.9 Å².